The number of likely N-dealkylation sites (N-methyl/N-ethyl adjacent to an activating group) is 1. The quantitative estimate of drug-likeness (QED) is 0.692. The highest BCUT2D eigenvalue weighted by molar-refractivity contribution is 5.16. The van der Waals surface area contributed by atoms with Crippen LogP contribution in [0.3, 0.4) is 0 Å². The van der Waals surface area contributed by atoms with Crippen LogP contribution in [0, 0.1) is 0 Å². The highest BCUT2D eigenvalue weighted by Crippen LogP contribution is 2.13. The number of nitrogens with two attached hydrogens (primary N) is 1. The Morgan fingerprint density at radius 1 is 1.42 bits per heavy atom. The Morgan fingerprint density at radius 2 is 2.00 bits per heavy atom. The summed E-state index contributed by atoms with van der Waals surface area (Å²) in [6.07, 6.45) is 3.56. The van der Waals surface area contributed by atoms with Crippen LogP contribution in [0.1, 0.15) is 18.5 Å². The molecule has 2 atom stereocenters. The van der Waals surface area contributed by atoms with Crippen LogP contribution in [0.25, 0.3) is 0 Å². The molecule has 0 amide bonds. The smallest absolute Gasteiger partial charge is 0.0469 e. The van der Waals surface area contributed by atoms with E-state index in [2.05, 4.69) is 10.3 Å². The van der Waals surface area contributed by atoms with E-state index < -0.39 is 0 Å². The van der Waals surface area contributed by atoms with Crippen LogP contribution in [0.15, 0.2) is 24.5 Å². The molecule has 3 nitrogen and oxygen atoms in total. The standard InChI is InChI=1S/C9H15N3/c1-7(10)9(11-2)8-3-5-12-6-4-8/h3-7,9,11H,10H2,1-2H3. The third kappa shape index (κ3) is 2.03. The molecule has 1 aromatic heterocycles. The van der Waals surface area contributed by atoms with Crippen LogP contribution in [0.5, 0.6) is 0 Å². The topological polar surface area (TPSA) is 50.9 Å². The molecule has 0 fully saturated rings. The predicted octanol–water partition coefficient (Wildman–Crippen LogP) is 0.689. The van der Waals surface area contributed by atoms with Gasteiger partial charge < -0.3 is 11.1 Å². The van der Waals surface area contributed by atoms with E-state index in [0.717, 1.165) is 0 Å². The van der Waals surface area contributed by atoms with Gasteiger partial charge in [0.1, 0.15) is 0 Å². The largest absolute Gasteiger partial charge is 0.326 e. The van der Waals surface area contributed by atoms with Crippen molar-refractivity contribution < 1.29 is 0 Å². The molecule has 0 saturated carbocycles. The Balaban J connectivity index is 2.80. The highest BCUT2D eigenvalue weighted by Gasteiger charge is 2.12. The van der Waals surface area contributed by atoms with Gasteiger partial charge in [-0.3, -0.25) is 4.98 Å². The maximum absolute atomic E-state index is 5.80. The zero-order valence-electron chi connectivity index (χ0n) is 7.49. The lowest BCUT2D eigenvalue weighted by Crippen LogP contribution is -2.33. The minimum absolute atomic E-state index is 0.109. The minimum atomic E-state index is 0.109. The van der Waals surface area contributed by atoms with E-state index in [1.807, 2.05) is 26.1 Å². The molecule has 1 heterocycles. The Hall–Kier alpha value is -0.930. The molecule has 1 rings (SSSR count). The average Bonchev–Trinajstić information content (AvgIpc) is 2.07. The summed E-state index contributed by atoms with van der Waals surface area (Å²) in [4.78, 5) is 3.95. The first kappa shape index (κ1) is 9.16. The summed E-state index contributed by atoms with van der Waals surface area (Å²) in [5.41, 5.74) is 6.98. The van der Waals surface area contributed by atoms with Crippen molar-refractivity contribution in [2.24, 2.45) is 5.73 Å². The fourth-order valence-corrected chi connectivity index (χ4v) is 1.30. The van der Waals surface area contributed by atoms with Gasteiger partial charge in [0.05, 0.1) is 0 Å². The second-order valence-electron chi connectivity index (χ2n) is 2.91. The summed E-state index contributed by atoms with van der Waals surface area (Å²) in [7, 11) is 1.91. The molecule has 3 N–H and O–H groups in total. The normalized spacial score (nSPS) is 15.6. The minimum Gasteiger partial charge on any atom is -0.326 e. The van der Waals surface area contributed by atoms with Crippen LogP contribution in [-0.4, -0.2) is 18.1 Å². The van der Waals surface area contributed by atoms with Crippen molar-refractivity contribution in [1.82, 2.24) is 10.3 Å². The van der Waals surface area contributed by atoms with Crippen molar-refractivity contribution in [3.05, 3.63) is 30.1 Å². The summed E-state index contributed by atoms with van der Waals surface area (Å²) in [6, 6.07) is 4.28. The number of hydrogen-bond donors (Lipinski definition) is 2. The van der Waals surface area contributed by atoms with Gasteiger partial charge in [-0.25, -0.2) is 0 Å². The van der Waals surface area contributed by atoms with E-state index >= 15 is 0 Å². The Kier molecular flexibility index (Phi) is 3.19. The summed E-state index contributed by atoms with van der Waals surface area (Å²) in [5, 5.41) is 3.16. The molecule has 0 bridgehead atoms. The first-order valence-corrected chi connectivity index (χ1v) is 4.08. The molecule has 1 aromatic rings. The number of nitrogens with zero attached hydrogens (tertiary/aromatic N) is 1. The molecule has 0 saturated heterocycles. The van der Waals surface area contributed by atoms with Crippen molar-refractivity contribution >= 4 is 0 Å². The second kappa shape index (κ2) is 4.18. The van der Waals surface area contributed by atoms with Gasteiger partial charge in [-0.2, -0.15) is 0 Å². The van der Waals surface area contributed by atoms with Crippen LogP contribution in [0.2, 0.25) is 0 Å². The maximum atomic E-state index is 5.80. The molecular formula is C9H15N3. The molecule has 0 aliphatic heterocycles. The average molecular weight is 165 g/mol. The molecule has 3 heteroatoms. The first-order chi connectivity index (χ1) is 5.75. The van der Waals surface area contributed by atoms with Crippen LogP contribution < -0.4 is 11.1 Å². The Morgan fingerprint density at radius 3 is 2.42 bits per heavy atom. The Labute approximate surface area is 73.0 Å². The monoisotopic (exact) mass is 165 g/mol. The van der Waals surface area contributed by atoms with E-state index in [9.17, 15) is 0 Å². The summed E-state index contributed by atoms with van der Waals surface area (Å²) in [5.74, 6) is 0. The van der Waals surface area contributed by atoms with E-state index in [1.165, 1.54) is 5.56 Å². The zero-order valence-corrected chi connectivity index (χ0v) is 7.49. The van der Waals surface area contributed by atoms with Gasteiger partial charge >= 0.3 is 0 Å². The van der Waals surface area contributed by atoms with Crippen LogP contribution in [0.4, 0.5) is 0 Å². The molecule has 66 valence electrons. The van der Waals surface area contributed by atoms with Crippen molar-refractivity contribution in [2.45, 2.75) is 19.0 Å². The van der Waals surface area contributed by atoms with E-state index in [4.69, 9.17) is 5.73 Å². The molecule has 0 spiro atoms. The molecular weight excluding hydrogens is 150 g/mol. The Bertz CT molecular complexity index is 220. The lowest BCUT2D eigenvalue weighted by Gasteiger charge is -2.19. The summed E-state index contributed by atoms with van der Waals surface area (Å²) < 4.78 is 0. The lowest BCUT2D eigenvalue weighted by atomic mass is 10.0. The molecule has 0 aliphatic carbocycles. The van der Waals surface area contributed by atoms with Crippen molar-refractivity contribution in [2.75, 3.05) is 7.05 Å². The zero-order chi connectivity index (χ0) is 8.97. The SMILES string of the molecule is CNC(c1ccncc1)C(C)N. The number of aromatic nitrogens is 1. The fourth-order valence-electron chi connectivity index (χ4n) is 1.30. The van der Waals surface area contributed by atoms with Gasteiger partial charge in [0.25, 0.3) is 0 Å². The summed E-state index contributed by atoms with van der Waals surface area (Å²) in [6.45, 7) is 1.99. The van der Waals surface area contributed by atoms with E-state index in [-0.39, 0.29) is 12.1 Å². The van der Waals surface area contributed by atoms with Crippen molar-refractivity contribution in [3.63, 3.8) is 0 Å². The fraction of sp³-hybridized carbons (Fsp3) is 0.444. The number of nitrogens with one attached hydrogen (secondary N) is 1. The second-order valence-corrected chi connectivity index (χ2v) is 2.91. The summed E-state index contributed by atoms with van der Waals surface area (Å²) >= 11 is 0. The molecule has 0 aromatic carbocycles. The van der Waals surface area contributed by atoms with E-state index in [0.29, 0.717) is 0 Å². The molecule has 12 heavy (non-hydrogen) atoms. The van der Waals surface area contributed by atoms with Gasteiger partial charge in [-0.1, -0.05) is 0 Å². The lowest BCUT2D eigenvalue weighted by molar-refractivity contribution is 0.503. The van der Waals surface area contributed by atoms with Gasteiger partial charge in [0.15, 0.2) is 0 Å². The van der Waals surface area contributed by atoms with Gasteiger partial charge in [-0.15, -0.1) is 0 Å². The van der Waals surface area contributed by atoms with E-state index in [1.54, 1.807) is 12.4 Å². The third-order valence-corrected chi connectivity index (χ3v) is 1.90. The first-order valence-electron chi connectivity index (χ1n) is 4.08. The maximum Gasteiger partial charge on any atom is 0.0469 e. The number of hydrogen-bond acceptors (Lipinski definition) is 3. The van der Waals surface area contributed by atoms with Gasteiger partial charge in [0.2, 0.25) is 0 Å². The molecule has 0 aliphatic rings. The third-order valence-electron chi connectivity index (χ3n) is 1.90. The van der Waals surface area contributed by atoms with Crippen molar-refractivity contribution in [1.29, 1.82) is 0 Å². The molecule has 2 unspecified atom stereocenters. The van der Waals surface area contributed by atoms with Crippen molar-refractivity contribution in [3.8, 4) is 0 Å². The molecule has 0 radical (unpaired) electrons. The van der Waals surface area contributed by atoms with Crippen LogP contribution >= 0.6 is 0 Å². The number of pyridine rings is 1. The van der Waals surface area contributed by atoms with Crippen LogP contribution in [-0.2, 0) is 0 Å². The number of rotatable bonds is 3. The predicted molar refractivity (Wildman–Crippen MR) is 49.7 cm³/mol. The highest BCUT2D eigenvalue weighted by atomic mass is 14.9. The van der Waals surface area contributed by atoms with Gasteiger partial charge in [-0.05, 0) is 31.7 Å². The van der Waals surface area contributed by atoms with Gasteiger partial charge in [0, 0.05) is 24.5 Å².